The van der Waals surface area contributed by atoms with Crippen molar-refractivity contribution in [2.75, 3.05) is 41.4 Å². The van der Waals surface area contributed by atoms with Gasteiger partial charge in [0.1, 0.15) is 11.6 Å². The maximum absolute atomic E-state index is 12.8. The van der Waals surface area contributed by atoms with Crippen LogP contribution in [0.15, 0.2) is 54.9 Å². The molecule has 4 aromatic rings. The van der Waals surface area contributed by atoms with Gasteiger partial charge in [0, 0.05) is 32.5 Å². The zero-order valence-corrected chi connectivity index (χ0v) is 36.1. The summed E-state index contributed by atoms with van der Waals surface area (Å²) in [7, 11) is 6.61. The Bertz CT molecular complexity index is 1850. The number of nitrogens with two attached hydrogens (primary N) is 2. The van der Waals surface area contributed by atoms with Gasteiger partial charge in [0.25, 0.3) is 0 Å². The molecule has 4 amide bonds. The van der Waals surface area contributed by atoms with Gasteiger partial charge in [-0.3, -0.25) is 9.59 Å². The summed E-state index contributed by atoms with van der Waals surface area (Å²) in [6.07, 6.45) is 5.16. The van der Waals surface area contributed by atoms with Gasteiger partial charge in [0.15, 0.2) is 0 Å². The highest BCUT2D eigenvalue weighted by molar-refractivity contribution is 5.77. The Morgan fingerprint density at radius 1 is 0.655 bits per heavy atom. The number of rotatable bonds is 17. The fourth-order valence-corrected chi connectivity index (χ4v) is 5.96. The van der Waals surface area contributed by atoms with Gasteiger partial charge in [-0.25, -0.2) is 19.6 Å². The molecular formula is C43H65N9O6. The third kappa shape index (κ3) is 16.8. The smallest absolute Gasteiger partial charge is 0.404 e. The number of methoxy groups -OCH3 is 2. The number of carbonyl (C=O) groups is 4. The molecule has 0 aliphatic heterocycles. The Labute approximate surface area is 343 Å². The number of H-pyrrole nitrogens is 2. The van der Waals surface area contributed by atoms with E-state index in [4.69, 9.17) is 0 Å². The summed E-state index contributed by atoms with van der Waals surface area (Å²) in [5, 5.41) is 0. The van der Waals surface area contributed by atoms with Crippen molar-refractivity contribution in [3.8, 4) is 33.6 Å². The lowest BCUT2D eigenvalue weighted by Gasteiger charge is -2.22. The summed E-state index contributed by atoms with van der Waals surface area (Å²) in [6.45, 7) is 15.7. The molecule has 0 saturated heterocycles. The Morgan fingerprint density at radius 2 is 1.05 bits per heavy atom. The SMILES string of the molecule is CCCN(Cc1ncc(-c2ccc(-c3ccc(-c4cnc(CN(CCC)C(=O)CC(C)C)[nH]4)cc3CN(C)C)cc2)[nH]1)C(=O)CC(C)C.COC(N)=O.COC(N)=O. The van der Waals surface area contributed by atoms with E-state index in [1.54, 1.807) is 0 Å². The molecule has 0 aliphatic carbocycles. The molecule has 0 fully saturated rings. The van der Waals surface area contributed by atoms with Crippen molar-refractivity contribution in [1.82, 2.24) is 34.6 Å². The Morgan fingerprint density at radius 3 is 1.43 bits per heavy atom. The first-order chi connectivity index (χ1) is 27.5. The molecule has 0 aliphatic rings. The Kier molecular flexibility index (Phi) is 20.7. The number of imidazole rings is 2. The van der Waals surface area contributed by atoms with Crippen LogP contribution in [0.3, 0.4) is 0 Å². The maximum atomic E-state index is 12.8. The summed E-state index contributed by atoms with van der Waals surface area (Å²) in [4.78, 5) is 66.5. The van der Waals surface area contributed by atoms with Crippen LogP contribution >= 0.6 is 0 Å². The van der Waals surface area contributed by atoms with Gasteiger partial charge in [-0.15, -0.1) is 0 Å². The Hall–Kier alpha value is -5.70. The number of aromatic nitrogens is 4. The second-order valence-corrected chi connectivity index (χ2v) is 15.0. The maximum Gasteiger partial charge on any atom is 0.404 e. The molecule has 4 rings (SSSR count). The van der Waals surface area contributed by atoms with Gasteiger partial charge in [-0.2, -0.15) is 0 Å². The number of nitrogens with one attached hydrogen (secondary N) is 2. The first kappa shape index (κ1) is 48.4. The highest BCUT2D eigenvalue weighted by Gasteiger charge is 2.18. The number of primary amides is 2. The second-order valence-electron chi connectivity index (χ2n) is 15.0. The number of benzene rings is 2. The number of hydrogen-bond donors (Lipinski definition) is 4. The molecule has 58 heavy (non-hydrogen) atoms. The van der Waals surface area contributed by atoms with Gasteiger partial charge < -0.3 is 45.6 Å². The molecule has 318 valence electrons. The van der Waals surface area contributed by atoms with Crippen LogP contribution in [-0.4, -0.2) is 100 Å². The lowest BCUT2D eigenvalue weighted by molar-refractivity contribution is -0.133. The minimum Gasteiger partial charge on any atom is -0.453 e. The lowest BCUT2D eigenvalue weighted by atomic mass is 9.95. The van der Waals surface area contributed by atoms with Crippen molar-refractivity contribution in [2.45, 2.75) is 86.9 Å². The topological polar surface area (TPSA) is 206 Å². The fourth-order valence-electron chi connectivity index (χ4n) is 5.96. The van der Waals surface area contributed by atoms with Crippen molar-refractivity contribution in [2.24, 2.45) is 23.3 Å². The lowest BCUT2D eigenvalue weighted by Crippen LogP contribution is -2.32. The van der Waals surface area contributed by atoms with Crippen molar-refractivity contribution < 1.29 is 28.7 Å². The van der Waals surface area contributed by atoms with Crippen molar-refractivity contribution in [3.63, 3.8) is 0 Å². The normalized spacial score (nSPS) is 10.7. The van der Waals surface area contributed by atoms with Crippen LogP contribution < -0.4 is 11.5 Å². The number of nitrogens with zero attached hydrogens (tertiary/aromatic N) is 5. The van der Waals surface area contributed by atoms with Crippen LogP contribution in [0.1, 0.15) is 84.4 Å². The fraction of sp³-hybridized carbons (Fsp3) is 0.488. The molecule has 0 atom stereocenters. The highest BCUT2D eigenvalue weighted by Crippen LogP contribution is 2.31. The summed E-state index contributed by atoms with van der Waals surface area (Å²) >= 11 is 0. The molecule has 15 nitrogen and oxygen atoms in total. The van der Waals surface area contributed by atoms with Crippen LogP contribution in [0.2, 0.25) is 0 Å². The molecule has 0 bridgehead atoms. The molecule has 0 saturated carbocycles. The highest BCUT2D eigenvalue weighted by atomic mass is 16.5. The van der Waals surface area contributed by atoms with Crippen LogP contribution in [0, 0.1) is 11.8 Å². The molecule has 2 aromatic carbocycles. The van der Waals surface area contributed by atoms with Crippen LogP contribution in [-0.2, 0) is 38.7 Å². The molecule has 0 radical (unpaired) electrons. The molecular weight excluding hydrogens is 739 g/mol. The number of hydrogen-bond acceptors (Lipinski definition) is 9. The molecule has 15 heteroatoms. The first-order valence-electron chi connectivity index (χ1n) is 19.7. The quantitative estimate of drug-likeness (QED) is 0.0851. The third-order valence-corrected chi connectivity index (χ3v) is 8.61. The van der Waals surface area contributed by atoms with Gasteiger partial charge in [0.2, 0.25) is 11.8 Å². The number of ether oxygens (including phenoxy) is 2. The summed E-state index contributed by atoms with van der Waals surface area (Å²) in [5.41, 5.74) is 16.4. The summed E-state index contributed by atoms with van der Waals surface area (Å²) in [5.74, 6) is 2.60. The van der Waals surface area contributed by atoms with Crippen molar-refractivity contribution >= 4 is 24.0 Å². The van der Waals surface area contributed by atoms with Gasteiger partial charge in [0.05, 0.1) is 51.1 Å². The van der Waals surface area contributed by atoms with Gasteiger partial charge in [-0.1, -0.05) is 77.9 Å². The van der Waals surface area contributed by atoms with E-state index in [0.29, 0.717) is 37.8 Å². The van der Waals surface area contributed by atoms with Crippen molar-refractivity contribution in [1.29, 1.82) is 0 Å². The Balaban J connectivity index is 0.00000103. The number of amides is 4. The molecule has 2 heterocycles. The summed E-state index contributed by atoms with van der Waals surface area (Å²) in [6, 6.07) is 15.1. The molecule has 2 aromatic heterocycles. The van der Waals surface area contributed by atoms with E-state index >= 15 is 0 Å². The zero-order valence-electron chi connectivity index (χ0n) is 36.1. The van der Waals surface area contributed by atoms with E-state index in [1.165, 1.54) is 25.3 Å². The van der Waals surface area contributed by atoms with E-state index in [9.17, 15) is 19.2 Å². The molecule has 0 spiro atoms. The molecule has 6 N–H and O–H groups in total. The first-order valence-corrected chi connectivity index (χ1v) is 19.7. The van der Waals surface area contributed by atoms with E-state index in [-0.39, 0.29) is 11.8 Å². The number of aromatic amines is 2. The average Bonchev–Trinajstić information content (AvgIpc) is 3.84. The van der Waals surface area contributed by atoms with Crippen LogP contribution in [0.4, 0.5) is 9.59 Å². The standard InChI is InChI=1S/C39H55N7O2.2C2H5NO2/c1-9-17-45(38(47)19-27(3)4)25-36-40-22-34(42-36)30-13-11-29(12-14-30)33-16-15-31(21-32(33)24-44(7)8)35-23-41-37(43-35)26-46(18-10-2)39(48)20-28(5)6;2*1-5-2(3)4/h11-16,21-23,27-28H,9-10,17-20,24-26H2,1-8H3,(H,40,42)(H,41,43);2*1H3,(H2,3,4). The average molecular weight is 804 g/mol. The molecule has 0 unspecified atom stereocenters. The van der Waals surface area contributed by atoms with E-state index < -0.39 is 12.2 Å². The monoisotopic (exact) mass is 804 g/mol. The number of carbonyl (C=O) groups excluding carboxylic acids is 4. The van der Waals surface area contributed by atoms with Crippen LogP contribution in [0.5, 0.6) is 0 Å². The van der Waals surface area contributed by atoms with E-state index in [1.807, 2.05) is 22.2 Å². The van der Waals surface area contributed by atoms with Crippen molar-refractivity contribution in [3.05, 3.63) is 72.1 Å². The summed E-state index contributed by atoms with van der Waals surface area (Å²) < 4.78 is 7.78. The van der Waals surface area contributed by atoms with Crippen LogP contribution in [0.25, 0.3) is 33.6 Å². The minimum absolute atomic E-state index is 0.175. The van der Waals surface area contributed by atoms with E-state index in [0.717, 1.165) is 72.2 Å². The predicted molar refractivity (Wildman–Crippen MR) is 228 cm³/mol. The van der Waals surface area contributed by atoms with Gasteiger partial charge in [-0.05, 0) is 72.7 Å². The zero-order chi connectivity index (χ0) is 43.4. The third-order valence-electron chi connectivity index (χ3n) is 8.61. The minimum atomic E-state index is -0.745. The largest absolute Gasteiger partial charge is 0.453 e. The second kappa shape index (κ2) is 24.8. The van der Waals surface area contributed by atoms with E-state index in [2.05, 4.69) is 144 Å². The predicted octanol–water partition coefficient (Wildman–Crippen LogP) is 7.19. The van der Waals surface area contributed by atoms with Gasteiger partial charge >= 0.3 is 12.2 Å².